The monoisotopic (exact) mass is 394 g/mol. The van der Waals surface area contributed by atoms with Crippen LogP contribution < -0.4 is 0 Å². The van der Waals surface area contributed by atoms with Gasteiger partial charge in [0.2, 0.25) is 0 Å². The fourth-order valence-corrected chi connectivity index (χ4v) is 4.55. The van der Waals surface area contributed by atoms with Gasteiger partial charge < -0.3 is 4.74 Å². The first kappa shape index (κ1) is 19.1. The summed E-state index contributed by atoms with van der Waals surface area (Å²) in [6.07, 6.45) is 4.33. The highest BCUT2D eigenvalue weighted by Gasteiger charge is 2.50. The number of methoxy groups -OCH3 is 1. The van der Waals surface area contributed by atoms with Crippen LogP contribution in [0.4, 0.5) is 0 Å². The molecule has 144 valence electrons. The summed E-state index contributed by atoms with van der Waals surface area (Å²) in [5.74, 6) is -0.963. The number of ketones is 2. The van der Waals surface area contributed by atoms with Crippen LogP contribution in [0.2, 0.25) is 5.02 Å². The maximum atomic E-state index is 13.5. The third-order valence-corrected chi connectivity index (χ3v) is 6.42. The predicted octanol–water partition coefficient (Wildman–Crippen LogP) is 5.30. The van der Waals surface area contributed by atoms with Crippen molar-refractivity contribution in [3.63, 3.8) is 0 Å². The van der Waals surface area contributed by atoms with Gasteiger partial charge in [-0.3, -0.25) is 9.59 Å². The second-order valence-corrected chi connectivity index (χ2v) is 8.00. The number of carbonyl (C=O) groups excluding carboxylic acids is 2. The van der Waals surface area contributed by atoms with Crippen molar-refractivity contribution in [3.05, 3.63) is 70.3 Å². The second-order valence-electron chi connectivity index (χ2n) is 7.57. The van der Waals surface area contributed by atoms with Gasteiger partial charge in [0.15, 0.2) is 11.6 Å². The highest BCUT2D eigenvalue weighted by molar-refractivity contribution is 6.30. The van der Waals surface area contributed by atoms with Gasteiger partial charge in [0.25, 0.3) is 0 Å². The Morgan fingerprint density at radius 1 is 1.11 bits per heavy atom. The van der Waals surface area contributed by atoms with E-state index in [2.05, 4.69) is 0 Å². The number of benzene rings is 2. The Labute approximate surface area is 170 Å². The number of hydrogen-bond acceptors (Lipinski definition) is 3. The van der Waals surface area contributed by atoms with Crippen LogP contribution >= 0.6 is 11.6 Å². The van der Waals surface area contributed by atoms with E-state index in [0.717, 1.165) is 34.2 Å². The van der Waals surface area contributed by atoms with E-state index in [0.29, 0.717) is 24.3 Å². The number of ether oxygens (including phenoxy) is 1. The number of halogens is 1. The zero-order valence-electron chi connectivity index (χ0n) is 16.1. The number of fused-ring (bicyclic) bond motifs is 4. The largest absolute Gasteiger partial charge is 0.370 e. The molecule has 0 aromatic heterocycles. The molecule has 2 aromatic rings. The van der Waals surface area contributed by atoms with Gasteiger partial charge >= 0.3 is 0 Å². The van der Waals surface area contributed by atoms with E-state index in [-0.39, 0.29) is 11.6 Å². The normalized spacial score (nSPS) is 24.2. The number of rotatable bonds is 4. The summed E-state index contributed by atoms with van der Waals surface area (Å²) in [5, 5.41) is 0.675. The predicted molar refractivity (Wildman–Crippen MR) is 111 cm³/mol. The van der Waals surface area contributed by atoms with Crippen LogP contribution in [0.15, 0.2) is 54.1 Å². The van der Waals surface area contributed by atoms with Gasteiger partial charge in [0.05, 0.1) is 0 Å². The number of hydrogen-bond donors (Lipinski definition) is 0. The molecule has 0 saturated heterocycles. The molecule has 28 heavy (non-hydrogen) atoms. The van der Waals surface area contributed by atoms with E-state index >= 15 is 0 Å². The van der Waals surface area contributed by atoms with Crippen LogP contribution in [-0.2, 0) is 20.7 Å². The zero-order chi connectivity index (χ0) is 19.9. The molecular weight excluding hydrogens is 372 g/mol. The molecule has 1 fully saturated rings. The van der Waals surface area contributed by atoms with Gasteiger partial charge in [-0.2, -0.15) is 0 Å². The minimum atomic E-state index is -0.887. The highest BCUT2D eigenvalue weighted by atomic mass is 35.5. The molecule has 0 N–H and O–H groups in total. The highest BCUT2D eigenvalue weighted by Crippen LogP contribution is 2.43. The standard InChI is InChI=1S/C24H23ClO3/c1-3-15-4-5-18(16-6-8-19(25)9-7-16)14-20(15)21-22(26)17-10-12-24(28-2,13-11-17)23(21)27/h4-10,14,21H,3,11-13H2,1-2H3/t21?,24-/m0/s1. The molecule has 2 bridgehead atoms. The first-order chi connectivity index (χ1) is 13.5. The molecule has 0 radical (unpaired) electrons. The minimum Gasteiger partial charge on any atom is -0.370 e. The molecular formula is C24H23ClO3. The van der Waals surface area contributed by atoms with Crippen LogP contribution in [0.1, 0.15) is 43.2 Å². The lowest BCUT2D eigenvalue weighted by Crippen LogP contribution is -2.43. The fourth-order valence-electron chi connectivity index (χ4n) is 4.42. The van der Waals surface area contributed by atoms with E-state index in [1.54, 1.807) is 7.11 Å². The summed E-state index contributed by atoms with van der Waals surface area (Å²) in [6, 6.07) is 13.7. The molecule has 4 heteroatoms. The van der Waals surface area contributed by atoms with E-state index in [4.69, 9.17) is 16.3 Å². The van der Waals surface area contributed by atoms with E-state index in [9.17, 15) is 9.59 Å². The number of aryl methyl sites for hydroxylation is 1. The molecule has 1 unspecified atom stereocenters. The van der Waals surface area contributed by atoms with E-state index < -0.39 is 11.5 Å². The lowest BCUT2D eigenvalue weighted by molar-refractivity contribution is -0.144. The van der Waals surface area contributed by atoms with E-state index in [1.165, 1.54) is 0 Å². The van der Waals surface area contributed by atoms with Crippen molar-refractivity contribution in [2.75, 3.05) is 7.11 Å². The van der Waals surface area contributed by atoms with Gasteiger partial charge in [0, 0.05) is 18.6 Å². The molecule has 2 atom stereocenters. The Bertz CT molecular complexity index is 974. The Kier molecular flexibility index (Phi) is 4.98. The van der Waals surface area contributed by atoms with Crippen molar-refractivity contribution >= 4 is 23.2 Å². The summed E-state index contributed by atoms with van der Waals surface area (Å²) < 4.78 is 5.70. The number of carbonyl (C=O) groups is 2. The van der Waals surface area contributed by atoms with E-state index in [1.807, 2.05) is 55.5 Å². The quantitative estimate of drug-likeness (QED) is 0.661. The van der Waals surface area contributed by atoms with Crippen molar-refractivity contribution in [2.45, 2.75) is 44.1 Å². The van der Waals surface area contributed by atoms with Crippen LogP contribution in [0, 0.1) is 0 Å². The first-order valence-electron chi connectivity index (χ1n) is 9.70. The fraction of sp³-hybridized carbons (Fsp3) is 0.333. The van der Waals surface area contributed by atoms with Crippen LogP contribution in [0.25, 0.3) is 11.1 Å². The Hall–Kier alpha value is -2.23. The van der Waals surface area contributed by atoms with Crippen molar-refractivity contribution in [3.8, 4) is 11.1 Å². The maximum absolute atomic E-state index is 13.5. The van der Waals surface area contributed by atoms with Crippen LogP contribution in [-0.4, -0.2) is 24.3 Å². The lowest BCUT2D eigenvalue weighted by Gasteiger charge is -2.31. The van der Waals surface area contributed by atoms with Crippen molar-refractivity contribution < 1.29 is 14.3 Å². The maximum Gasteiger partial charge on any atom is 0.180 e. The third kappa shape index (κ3) is 3.03. The van der Waals surface area contributed by atoms with Gasteiger partial charge in [-0.1, -0.05) is 48.9 Å². The average Bonchev–Trinajstić information content (AvgIpc) is 2.90. The molecule has 0 spiro atoms. The topological polar surface area (TPSA) is 43.4 Å². The molecule has 2 aromatic carbocycles. The van der Waals surface area contributed by atoms with Gasteiger partial charge in [0.1, 0.15) is 11.5 Å². The summed E-state index contributed by atoms with van der Waals surface area (Å²) in [5.41, 5.74) is 3.69. The SMILES string of the molecule is CCc1ccc(-c2ccc(Cl)cc2)cc1C1C(=O)C2=CC[C@](OC)(CC2)C1=O. The Morgan fingerprint density at radius 2 is 1.82 bits per heavy atom. The summed E-state index contributed by atoms with van der Waals surface area (Å²) in [7, 11) is 1.58. The molecule has 1 saturated carbocycles. The van der Waals surface area contributed by atoms with Crippen molar-refractivity contribution in [1.29, 1.82) is 0 Å². The molecule has 3 aliphatic rings. The zero-order valence-corrected chi connectivity index (χ0v) is 16.9. The molecule has 5 rings (SSSR count). The first-order valence-corrected chi connectivity index (χ1v) is 10.1. The molecule has 3 nitrogen and oxygen atoms in total. The molecule has 3 aliphatic carbocycles. The Morgan fingerprint density at radius 3 is 2.43 bits per heavy atom. The van der Waals surface area contributed by atoms with Gasteiger partial charge in [-0.15, -0.1) is 0 Å². The summed E-state index contributed by atoms with van der Waals surface area (Å²) in [6.45, 7) is 2.05. The third-order valence-electron chi connectivity index (χ3n) is 6.17. The smallest absolute Gasteiger partial charge is 0.180 e. The lowest BCUT2D eigenvalue weighted by atomic mass is 9.79. The minimum absolute atomic E-state index is 0.0654. The van der Waals surface area contributed by atoms with Crippen molar-refractivity contribution in [1.82, 2.24) is 0 Å². The second kappa shape index (κ2) is 7.31. The Balaban J connectivity index is 1.86. The number of allylic oxidation sites excluding steroid dienone is 1. The molecule has 0 aliphatic heterocycles. The van der Waals surface area contributed by atoms with Crippen molar-refractivity contribution in [2.24, 2.45) is 0 Å². The summed E-state index contributed by atoms with van der Waals surface area (Å²) in [4.78, 5) is 26.8. The van der Waals surface area contributed by atoms with Gasteiger partial charge in [-0.05, 0) is 65.3 Å². The molecule has 0 amide bonds. The van der Waals surface area contributed by atoms with Crippen LogP contribution in [0.3, 0.4) is 0 Å². The van der Waals surface area contributed by atoms with Gasteiger partial charge in [-0.25, -0.2) is 0 Å². The molecule has 0 heterocycles. The summed E-state index contributed by atoms with van der Waals surface area (Å²) >= 11 is 6.02. The van der Waals surface area contributed by atoms with Crippen LogP contribution in [0.5, 0.6) is 0 Å². The number of Topliss-reactive ketones (excluding diaryl/α,β-unsaturated/α-hetero) is 2. The average molecular weight is 395 g/mol.